The van der Waals surface area contributed by atoms with Crippen molar-refractivity contribution in [1.82, 2.24) is 0 Å². The van der Waals surface area contributed by atoms with Crippen LogP contribution in [0.15, 0.2) is 18.2 Å². The maximum atomic E-state index is 2.59. The molecule has 0 saturated heterocycles. The molecule has 4 rings (SSSR count). The van der Waals surface area contributed by atoms with E-state index >= 15 is 0 Å². The minimum absolute atomic E-state index is 0. The molecule has 0 radical (unpaired) electrons. The first-order valence-electron chi connectivity index (χ1n) is 18.7. The molecule has 0 fully saturated rings. The fraction of sp³-hybridized carbons (Fsp3) is 0.489. The number of benzene rings is 3. The molecule has 56 heavy (non-hydrogen) atoms. The average molecular weight is 876 g/mol. The van der Waals surface area contributed by atoms with E-state index in [2.05, 4.69) is 201 Å². The van der Waals surface area contributed by atoms with Crippen molar-refractivity contribution in [3.05, 3.63) is 73.8 Å². The van der Waals surface area contributed by atoms with Crippen LogP contribution in [0.1, 0.15) is 55.6 Å². The second kappa shape index (κ2) is 19.6. The van der Waals surface area contributed by atoms with Crippen LogP contribution in [-0.2, 0) is 21.7 Å². The smallest absolute Gasteiger partial charge is 1.00 e. The summed E-state index contributed by atoms with van der Waals surface area (Å²) in [6, 6.07) is 7.77. The minimum Gasteiger partial charge on any atom is -1.00 e. The van der Waals surface area contributed by atoms with Crippen molar-refractivity contribution in [3.8, 4) is 0 Å². The molecule has 0 aliphatic heterocycles. The van der Waals surface area contributed by atoms with Gasteiger partial charge in [0, 0.05) is 119 Å². The third kappa shape index (κ3) is 8.38. The molecule has 0 unspecified atom stereocenters. The molecule has 0 saturated carbocycles. The van der Waals surface area contributed by atoms with E-state index in [0.717, 1.165) is 0 Å². The number of anilines is 6. The van der Waals surface area contributed by atoms with Gasteiger partial charge in [0.15, 0.2) is 0 Å². The van der Waals surface area contributed by atoms with Crippen LogP contribution in [0, 0.1) is 69.2 Å². The fourth-order valence-corrected chi connectivity index (χ4v) is 15.8. The van der Waals surface area contributed by atoms with Crippen molar-refractivity contribution < 1.29 is 58.9 Å². The molecule has 0 aliphatic rings. The number of hydrogen-bond acceptors (Lipinski definition) is 6. The SMILES string of the molecule is Cc1c(N(C)C)cc([Si](c2cc(N(C)C)c(C)c(C)c2N(C)C)(c2cc(N(C)C)c(C)c(C)c2N(C)C)[c-]2c(C)c(C)c(C)c2C)c(N(C)C)c1C.[Cl-].[Cl-].[Cl-].[Ti+4]. The Bertz CT molecular complexity index is 1820. The molecule has 0 amide bonds. The van der Waals surface area contributed by atoms with Crippen LogP contribution in [0.25, 0.3) is 0 Å². The van der Waals surface area contributed by atoms with Gasteiger partial charge in [0.1, 0.15) is 8.07 Å². The van der Waals surface area contributed by atoms with E-state index in [9.17, 15) is 0 Å². The molecule has 0 heterocycles. The Hall–Kier alpha value is -2.39. The minimum atomic E-state index is -3.32. The second-order valence-corrected chi connectivity index (χ2v) is 20.2. The first-order chi connectivity index (χ1) is 24.0. The Labute approximate surface area is 376 Å². The van der Waals surface area contributed by atoms with Crippen LogP contribution in [-0.4, -0.2) is 92.6 Å². The Morgan fingerprint density at radius 1 is 0.339 bits per heavy atom. The van der Waals surface area contributed by atoms with Gasteiger partial charge in [-0.2, -0.15) is 22.3 Å². The maximum absolute atomic E-state index is 3.32. The van der Waals surface area contributed by atoms with Gasteiger partial charge in [0.2, 0.25) is 0 Å². The summed E-state index contributed by atoms with van der Waals surface area (Å²) < 4.78 is 0. The van der Waals surface area contributed by atoms with Gasteiger partial charge in [-0.25, -0.2) is 0 Å². The van der Waals surface area contributed by atoms with Crippen molar-refractivity contribution in [2.75, 3.05) is 114 Å². The predicted octanol–water partition coefficient (Wildman–Crippen LogP) is -2.73. The van der Waals surface area contributed by atoms with Crippen LogP contribution in [0.4, 0.5) is 34.1 Å². The van der Waals surface area contributed by atoms with E-state index in [-0.39, 0.29) is 58.9 Å². The van der Waals surface area contributed by atoms with Crippen molar-refractivity contribution in [1.29, 1.82) is 0 Å². The van der Waals surface area contributed by atoms with Crippen LogP contribution in [0.3, 0.4) is 0 Å². The Balaban J connectivity index is 0.00000756. The van der Waals surface area contributed by atoms with E-state index < -0.39 is 8.07 Å². The third-order valence-electron chi connectivity index (χ3n) is 12.3. The van der Waals surface area contributed by atoms with Gasteiger partial charge in [-0.05, 0) is 109 Å². The summed E-state index contributed by atoms with van der Waals surface area (Å²) in [7, 11) is 23.4. The number of rotatable bonds is 10. The van der Waals surface area contributed by atoms with Gasteiger partial charge in [0.25, 0.3) is 0 Å². The average Bonchev–Trinajstić information content (AvgIpc) is 3.23. The molecule has 4 aromatic carbocycles. The summed E-state index contributed by atoms with van der Waals surface area (Å²) >= 11 is 0. The molecule has 308 valence electrons. The summed E-state index contributed by atoms with van der Waals surface area (Å²) in [6.45, 7) is 23.4. The van der Waals surface area contributed by atoms with Crippen molar-refractivity contribution in [3.63, 3.8) is 0 Å². The van der Waals surface area contributed by atoms with Crippen LogP contribution in [0.2, 0.25) is 0 Å². The van der Waals surface area contributed by atoms with Gasteiger partial charge in [-0.3, -0.25) is 0 Å². The summed E-state index contributed by atoms with van der Waals surface area (Å²) in [4.78, 5) is 14.2. The van der Waals surface area contributed by atoms with E-state index in [4.69, 9.17) is 0 Å². The molecule has 0 aromatic heterocycles. The van der Waals surface area contributed by atoms with Crippen LogP contribution >= 0.6 is 0 Å². The predicted molar refractivity (Wildman–Crippen MR) is 239 cm³/mol. The van der Waals surface area contributed by atoms with Gasteiger partial charge in [-0.15, -0.1) is 5.19 Å². The van der Waals surface area contributed by atoms with Crippen molar-refractivity contribution >= 4 is 62.9 Å². The fourth-order valence-electron chi connectivity index (χ4n) is 9.26. The Kier molecular flexibility index (Phi) is 18.7. The molecule has 0 spiro atoms. The van der Waals surface area contributed by atoms with E-state index in [0.29, 0.717) is 0 Å². The molecule has 11 heteroatoms. The van der Waals surface area contributed by atoms with Crippen molar-refractivity contribution in [2.24, 2.45) is 0 Å². The Morgan fingerprint density at radius 3 is 0.732 bits per heavy atom. The molecular formula is C45H69Cl3N6SiTi. The number of hydrogen-bond donors (Lipinski definition) is 0. The quantitative estimate of drug-likeness (QED) is 0.0975. The van der Waals surface area contributed by atoms with Crippen LogP contribution < -0.4 is 87.4 Å². The summed E-state index contributed by atoms with van der Waals surface area (Å²) in [5.41, 5.74) is 21.4. The van der Waals surface area contributed by atoms with Crippen LogP contribution in [0.5, 0.6) is 0 Å². The Morgan fingerprint density at radius 2 is 0.554 bits per heavy atom. The van der Waals surface area contributed by atoms with Gasteiger partial charge < -0.3 is 66.6 Å². The zero-order valence-electron chi connectivity index (χ0n) is 38.5. The van der Waals surface area contributed by atoms with Gasteiger partial charge in [-0.1, -0.05) is 27.7 Å². The molecule has 4 aromatic rings. The first kappa shape index (κ1) is 53.6. The van der Waals surface area contributed by atoms with Gasteiger partial charge in [0.05, 0.1) is 0 Å². The topological polar surface area (TPSA) is 19.4 Å². The summed E-state index contributed by atoms with van der Waals surface area (Å²) in [6.07, 6.45) is 0. The zero-order valence-corrected chi connectivity index (χ0v) is 43.4. The second-order valence-electron chi connectivity index (χ2n) is 16.6. The largest absolute Gasteiger partial charge is 4.00 e. The molecular weight excluding hydrogens is 807 g/mol. The maximum Gasteiger partial charge on any atom is 4.00 e. The van der Waals surface area contributed by atoms with E-state index in [1.54, 1.807) is 0 Å². The normalized spacial score (nSPS) is 10.8. The summed E-state index contributed by atoms with van der Waals surface area (Å²) in [5, 5.41) is 5.83. The van der Waals surface area contributed by atoms with Crippen molar-refractivity contribution in [2.45, 2.75) is 69.2 Å². The number of nitrogens with zero attached hydrogens (tertiary/aromatic N) is 6. The van der Waals surface area contributed by atoms with Gasteiger partial charge >= 0.3 is 21.7 Å². The molecule has 0 bridgehead atoms. The molecule has 0 atom stereocenters. The standard InChI is InChI=1S/C45H69N6Si.3ClH.Ti/c1-26-27(2)35(10)45(34(26)9)52(39-23-36(46(11)12)28(3)31(6)42(39)49(17)18,40-24-37(47(13)14)29(4)32(7)43(40)50(19)20)41-25-38(48(15)16)30(5)33(8)44(41)51(21)22;;;;/h23-25H,1-22H3;3*1H;/q-1;;;;+4/p-3. The zero-order chi connectivity index (χ0) is 39.6. The molecule has 0 N–H and O–H groups in total. The van der Waals surface area contributed by atoms with E-state index in [1.165, 1.54) is 111 Å². The van der Waals surface area contributed by atoms with E-state index in [1.807, 2.05) is 0 Å². The molecule has 0 aliphatic carbocycles. The third-order valence-corrected chi connectivity index (χ3v) is 17.4. The first-order valence-corrected chi connectivity index (χ1v) is 20.7. The summed E-state index contributed by atoms with van der Waals surface area (Å²) in [5.74, 6) is 0. The number of halogens is 3. The monoisotopic (exact) mass is 874 g/mol. The molecule has 6 nitrogen and oxygen atoms in total.